The molecule has 1 unspecified atom stereocenters. The number of benzene rings is 1. The molecule has 2 aromatic heterocycles. The molecule has 2 fully saturated rings. The SMILES string of the molecule is O=C(C/C=C1\NC(=S)N(c2ccc3nc[nH]c3c2)C1c1cc(Br)cs1)N1CCCCC1. The molecule has 0 aliphatic carbocycles. The molecule has 6 nitrogen and oxygen atoms in total. The Balaban J connectivity index is 1.47. The van der Waals surface area contributed by atoms with Crippen molar-refractivity contribution < 1.29 is 4.79 Å². The third-order valence-corrected chi connectivity index (χ3v) is 7.81. The first-order chi connectivity index (χ1) is 15.1. The van der Waals surface area contributed by atoms with Gasteiger partial charge in [-0.3, -0.25) is 4.79 Å². The topological polar surface area (TPSA) is 64.3 Å². The predicted octanol–water partition coefficient (Wildman–Crippen LogP) is 5.11. The average molecular weight is 516 g/mol. The molecule has 0 radical (unpaired) electrons. The molecule has 0 bridgehead atoms. The van der Waals surface area contributed by atoms with Crippen LogP contribution in [0.2, 0.25) is 0 Å². The van der Waals surface area contributed by atoms with Gasteiger partial charge in [-0.05, 0) is 71.7 Å². The zero-order chi connectivity index (χ0) is 21.4. The number of likely N-dealkylation sites (tertiary alicyclic amines) is 1. The second kappa shape index (κ2) is 8.72. The number of thiocarbonyl (C=S) groups is 1. The Morgan fingerprint density at radius 3 is 2.90 bits per heavy atom. The lowest BCUT2D eigenvalue weighted by atomic mass is 10.1. The number of H-pyrrole nitrogens is 1. The summed E-state index contributed by atoms with van der Waals surface area (Å²) in [6.07, 6.45) is 7.49. The van der Waals surface area contributed by atoms with E-state index in [1.54, 1.807) is 17.7 Å². The van der Waals surface area contributed by atoms with Crippen molar-refractivity contribution in [1.29, 1.82) is 0 Å². The highest BCUT2D eigenvalue weighted by molar-refractivity contribution is 9.10. The van der Waals surface area contributed by atoms with Crippen LogP contribution in [0.3, 0.4) is 0 Å². The van der Waals surface area contributed by atoms with Crippen LogP contribution in [0, 0.1) is 0 Å². The molecule has 160 valence electrons. The number of imidazole rings is 1. The smallest absolute Gasteiger partial charge is 0.226 e. The first-order valence-electron chi connectivity index (χ1n) is 10.4. The number of carbonyl (C=O) groups excluding carboxylic acids is 1. The number of nitrogens with zero attached hydrogens (tertiary/aromatic N) is 3. The van der Waals surface area contributed by atoms with Gasteiger partial charge in [0.25, 0.3) is 0 Å². The normalized spacial score (nSPS) is 20.6. The van der Waals surface area contributed by atoms with Crippen molar-refractivity contribution in [3.8, 4) is 0 Å². The molecule has 0 spiro atoms. The minimum absolute atomic E-state index is 0.0988. The number of fused-ring (bicyclic) bond motifs is 1. The minimum atomic E-state index is -0.0988. The van der Waals surface area contributed by atoms with E-state index in [1.165, 1.54) is 6.42 Å². The maximum Gasteiger partial charge on any atom is 0.226 e. The number of amides is 1. The molecular formula is C22H22BrN5OS2. The molecular weight excluding hydrogens is 494 g/mol. The van der Waals surface area contributed by atoms with Gasteiger partial charge in [0.05, 0.1) is 17.4 Å². The molecule has 4 heterocycles. The summed E-state index contributed by atoms with van der Waals surface area (Å²) < 4.78 is 1.04. The van der Waals surface area contributed by atoms with E-state index < -0.39 is 0 Å². The van der Waals surface area contributed by atoms with Crippen LogP contribution >= 0.6 is 39.5 Å². The summed E-state index contributed by atoms with van der Waals surface area (Å²) in [5.41, 5.74) is 3.81. The number of hydrogen-bond acceptors (Lipinski definition) is 4. The van der Waals surface area contributed by atoms with Crippen molar-refractivity contribution in [2.24, 2.45) is 0 Å². The highest BCUT2D eigenvalue weighted by atomic mass is 79.9. The lowest BCUT2D eigenvalue weighted by Crippen LogP contribution is -2.35. The monoisotopic (exact) mass is 515 g/mol. The zero-order valence-corrected chi connectivity index (χ0v) is 20.0. The van der Waals surface area contributed by atoms with Gasteiger partial charge in [-0.25, -0.2) is 4.98 Å². The van der Waals surface area contributed by atoms with Crippen LogP contribution in [0.25, 0.3) is 11.0 Å². The zero-order valence-electron chi connectivity index (χ0n) is 16.8. The fourth-order valence-corrected chi connectivity index (χ4v) is 6.11. The fraction of sp³-hybridized carbons (Fsp3) is 0.318. The summed E-state index contributed by atoms with van der Waals surface area (Å²) in [6.45, 7) is 1.73. The van der Waals surface area contributed by atoms with Gasteiger partial charge in [0, 0.05) is 45.6 Å². The van der Waals surface area contributed by atoms with Crippen molar-refractivity contribution in [2.45, 2.75) is 31.7 Å². The first kappa shape index (κ1) is 20.7. The second-order valence-corrected chi connectivity index (χ2v) is 10.0. The van der Waals surface area contributed by atoms with Crippen molar-refractivity contribution in [3.63, 3.8) is 0 Å². The molecule has 2 aliphatic heterocycles. The molecule has 2 N–H and O–H groups in total. The number of carbonyl (C=O) groups is 1. The maximum absolute atomic E-state index is 12.7. The van der Waals surface area contributed by atoms with Gasteiger partial charge in [0.2, 0.25) is 5.91 Å². The molecule has 1 aromatic carbocycles. The Hall–Kier alpha value is -2.23. The third kappa shape index (κ3) is 4.14. The number of nitrogens with one attached hydrogen (secondary N) is 2. The quantitative estimate of drug-likeness (QED) is 0.472. The number of hydrogen-bond donors (Lipinski definition) is 2. The van der Waals surface area contributed by atoms with Gasteiger partial charge in [-0.2, -0.15) is 0 Å². The van der Waals surface area contributed by atoms with Crippen molar-refractivity contribution >= 4 is 67.2 Å². The van der Waals surface area contributed by atoms with Crippen LogP contribution in [0.1, 0.15) is 36.6 Å². The van der Waals surface area contributed by atoms with E-state index in [4.69, 9.17) is 12.2 Å². The Morgan fingerprint density at radius 2 is 2.13 bits per heavy atom. The molecule has 3 aromatic rings. The second-order valence-electron chi connectivity index (χ2n) is 7.78. The number of piperidine rings is 1. The van der Waals surface area contributed by atoms with Crippen molar-refractivity contribution in [1.82, 2.24) is 20.2 Å². The summed E-state index contributed by atoms with van der Waals surface area (Å²) in [6, 6.07) is 8.11. The molecule has 9 heteroatoms. The average Bonchev–Trinajstić information content (AvgIpc) is 3.50. The van der Waals surface area contributed by atoms with E-state index >= 15 is 0 Å². The highest BCUT2D eigenvalue weighted by Gasteiger charge is 2.36. The number of thiophene rings is 1. The summed E-state index contributed by atoms with van der Waals surface area (Å²) in [4.78, 5) is 25.5. The van der Waals surface area contributed by atoms with Gasteiger partial charge in [0.15, 0.2) is 5.11 Å². The Labute approximate surface area is 198 Å². The van der Waals surface area contributed by atoms with E-state index in [-0.39, 0.29) is 11.9 Å². The van der Waals surface area contributed by atoms with E-state index in [0.717, 1.165) is 57.7 Å². The van der Waals surface area contributed by atoms with Gasteiger partial charge >= 0.3 is 0 Å². The van der Waals surface area contributed by atoms with E-state index in [0.29, 0.717) is 11.5 Å². The molecule has 0 saturated carbocycles. The molecule has 5 rings (SSSR count). The number of halogens is 1. The number of rotatable bonds is 4. The van der Waals surface area contributed by atoms with Gasteiger partial charge in [-0.15, -0.1) is 11.3 Å². The van der Waals surface area contributed by atoms with Crippen LogP contribution in [-0.2, 0) is 4.79 Å². The van der Waals surface area contributed by atoms with Gasteiger partial charge in [0.1, 0.15) is 6.04 Å². The van der Waals surface area contributed by atoms with Crippen LogP contribution in [0.15, 0.2) is 52.2 Å². The predicted molar refractivity (Wildman–Crippen MR) is 132 cm³/mol. The largest absolute Gasteiger partial charge is 0.345 e. The van der Waals surface area contributed by atoms with Gasteiger partial charge < -0.3 is 20.1 Å². The Kier molecular flexibility index (Phi) is 5.81. The van der Waals surface area contributed by atoms with Crippen LogP contribution in [0.4, 0.5) is 5.69 Å². The van der Waals surface area contributed by atoms with Crippen molar-refractivity contribution in [3.05, 3.63) is 57.1 Å². The molecule has 31 heavy (non-hydrogen) atoms. The Bertz CT molecular complexity index is 1160. The number of anilines is 1. The standard InChI is InChI=1S/C22H22BrN5OS2/c23-14-10-19(31-12-14)21-17(6-7-20(29)27-8-2-1-3-9-27)26-22(30)28(21)15-4-5-16-18(11-15)25-13-24-16/h4-6,10-13,21H,1-3,7-9H2,(H,24,25)(H,26,30)/b17-6-. The van der Waals surface area contributed by atoms with Crippen LogP contribution < -0.4 is 10.2 Å². The maximum atomic E-state index is 12.7. The molecule has 2 aliphatic rings. The van der Waals surface area contributed by atoms with Crippen LogP contribution in [-0.4, -0.2) is 39.0 Å². The minimum Gasteiger partial charge on any atom is -0.345 e. The summed E-state index contributed by atoms with van der Waals surface area (Å²) >= 11 is 11.0. The lowest BCUT2D eigenvalue weighted by molar-refractivity contribution is -0.131. The number of aromatic amines is 1. The number of aromatic nitrogens is 2. The van der Waals surface area contributed by atoms with Gasteiger partial charge in [-0.1, -0.05) is 6.08 Å². The first-order valence-corrected chi connectivity index (χ1v) is 12.4. The fourth-order valence-electron chi connectivity index (χ4n) is 4.23. The summed E-state index contributed by atoms with van der Waals surface area (Å²) in [5, 5.41) is 6.08. The Morgan fingerprint density at radius 1 is 1.29 bits per heavy atom. The van der Waals surface area contributed by atoms with Crippen molar-refractivity contribution in [2.75, 3.05) is 18.0 Å². The highest BCUT2D eigenvalue weighted by Crippen LogP contribution is 2.40. The van der Waals surface area contributed by atoms with E-state index in [2.05, 4.69) is 53.6 Å². The third-order valence-electron chi connectivity index (χ3n) is 5.77. The molecule has 1 atom stereocenters. The van der Waals surface area contributed by atoms with E-state index in [9.17, 15) is 4.79 Å². The van der Waals surface area contributed by atoms with Crippen LogP contribution in [0.5, 0.6) is 0 Å². The molecule has 2 saturated heterocycles. The summed E-state index contributed by atoms with van der Waals surface area (Å²) in [5.74, 6) is 0.184. The summed E-state index contributed by atoms with van der Waals surface area (Å²) in [7, 11) is 0. The van der Waals surface area contributed by atoms with E-state index in [1.807, 2.05) is 23.1 Å². The lowest BCUT2D eigenvalue weighted by Gasteiger charge is -2.26. The molecule has 1 amide bonds.